The number of rotatable bonds is 14. The summed E-state index contributed by atoms with van der Waals surface area (Å²) in [6.07, 6.45) is 13.4. The van der Waals surface area contributed by atoms with Crippen molar-refractivity contribution in [2.75, 3.05) is 0 Å². The van der Waals surface area contributed by atoms with Crippen molar-refractivity contribution in [1.82, 2.24) is 0 Å². The summed E-state index contributed by atoms with van der Waals surface area (Å²) in [5.41, 5.74) is -0.615. The van der Waals surface area contributed by atoms with Crippen LogP contribution in [0.25, 0.3) is 0 Å². The molecule has 1 atom stereocenters. The molecular weight excluding hydrogens is 327 g/mol. The molecule has 0 amide bonds. The molecule has 0 spiro atoms. The third kappa shape index (κ3) is 15.3. The zero-order valence-corrected chi connectivity index (χ0v) is 15.8. The van der Waals surface area contributed by atoms with Gasteiger partial charge in [0.2, 0.25) is 0 Å². The van der Waals surface area contributed by atoms with Crippen LogP contribution < -0.4 is 9.79 Å². The predicted octanol–water partition coefficient (Wildman–Crippen LogP) is 4.38. The largest absolute Gasteiger partial charge is 2.00 e. The van der Waals surface area contributed by atoms with Crippen molar-refractivity contribution in [2.45, 2.75) is 103 Å². The molecule has 0 N–H and O–H groups in total. The Hall–Kier alpha value is 0.669. The molecule has 0 aliphatic heterocycles. The molecule has 5 heteroatoms. The summed E-state index contributed by atoms with van der Waals surface area (Å²) >= 11 is 0. The monoisotopic (exact) mass is 360 g/mol. The normalized spacial score (nSPS) is 13.0. The Morgan fingerprint density at radius 3 is 1.38 bits per heavy atom. The van der Waals surface area contributed by atoms with Crippen molar-refractivity contribution >= 4 is 7.60 Å². The third-order valence-corrected chi connectivity index (χ3v) is 5.39. The number of unbranched alkanes of at least 4 members (excludes halogenated alkanes) is 9. The summed E-state index contributed by atoms with van der Waals surface area (Å²) < 4.78 is 11.3. The first-order chi connectivity index (χ1) is 9.52. The summed E-state index contributed by atoms with van der Waals surface area (Å²) in [4.78, 5) is 22.6. The fraction of sp³-hybridized carbons (Fsp3) is 1.00. The van der Waals surface area contributed by atoms with Crippen molar-refractivity contribution in [1.29, 1.82) is 0 Å². The molecule has 0 aromatic heterocycles. The van der Waals surface area contributed by atoms with Crippen LogP contribution in [0.2, 0.25) is 0 Å². The van der Waals surface area contributed by atoms with E-state index in [0.29, 0.717) is 12.8 Å². The van der Waals surface area contributed by atoms with Crippen LogP contribution in [0.1, 0.15) is 97.3 Å². The van der Waals surface area contributed by atoms with E-state index in [1.807, 2.05) is 0 Å². The van der Waals surface area contributed by atoms with E-state index in [1.54, 1.807) is 0 Å². The Bertz CT molecular complexity index is 256. The molecule has 0 heterocycles. The van der Waals surface area contributed by atoms with E-state index in [0.717, 1.165) is 32.1 Å². The summed E-state index contributed by atoms with van der Waals surface area (Å²) in [7, 11) is -4.39. The second kappa shape index (κ2) is 15.6. The molecular formula is C16H33FeO3P. The van der Waals surface area contributed by atoms with Crippen LogP contribution in [0.4, 0.5) is 0 Å². The predicted molar refractivity (Wildman–Crippen MR) is 82.8 cm³/mol. The topological polar surface area (TPSA) is 63.2 Å². The van der Waals surface area contributed by atoms with E-state index in [9.17, 15) is 14.4 Å². The van der Waals surface area contributed by atoms with Gasteiger partial charge in [-0.1, -0.05) is 92.1 Å². The quantitative estimate of drug-likeness (QED) is 0.262. The Morgan fingerprint density at radius 2 is 1.05 bits per heavy atom. The zero-order chi connectivity index (χ0) is 15.3. The fourth-order valence-corrected chi connectivity index (χ4v) is 3.60. The zero-order valence-electron chi connectivity index (χ0n) is 13.8. The van der Waals surface area contributed by atoms with Gasteiger partial charge in [0.05, 0.1) is 0 Å². The molecule has 0 bridgehead atoms. The molecule has 0 aromatic carbocycles. The van der Waals surface area contributed by atoms with Gasteiger partial charge in [-0.3, -0.25) is 0 Å². The van der Waals surface area contributed by atoms with E-state index in [4.69, 9.17) is 0 Å². The van der Waals surface area contributed by atoms with Gasteiger partial charge < -0.3 is 14.4 Å². The van der Waals surface area contributed by atoms with Crippen LogP contribution in [0.3, 0.4) is 0 Å². The number of hydrogen-bond acceptors (Lipinski definition) is 3. The molecule has 128 valence electrons. The van der Waals surface area contributed by atoms with E-state index in [2.05, 4.69) is 13.8 Å². The maximum absolute atomic E-state index is 11.3. The Labute approximate surface area is 142 Å². The van der Waals surface area contributed by atoms with Crippen molar-refractivity contribution in [3.05, 3.63) is 0 Å². The van der Waals surface area contributed by atoms with Gasteiger partial charge in [-0.15, -0.1) is 0 Å². The summed E-state index contributed by atoms with van der Waals surface area (Å²) in [6.45, 7) is 4.34. The smallest absolute Gasteiger partial charge is 0.811 e. The van der Waals surface area contributed by atoms with Crippen LogP contribution in [0, 0.1) is 0 Å². The minimum atomic E-state index is -4.39. The van der Waals surface area contributed by atoms with E-state index in [-0.39, 0.29) is 17.1 Å². The summed E-state index contributed by atoms with van der Waals surface area (Å²) in [5.74, 6) is 0. The van der Waals surface area contributed by atoms with Crippen LogP contribution >= 0.6 is 7.60 Å². The third-order valence-electron chi connectivity index (χ3n) is 3.98. The Kier molecular flexibility index (Phi) is 17.7. The second-order valence-corrected chi connectivity index (χ2v) is 7.76. The van der Waals surface area contributed by atoms with E-state index in [1.165, 1.54) is 38.5 Å². The molecule has 21 heavy (non-hydrogen) atoms. The van der Waals surface area contributed by atoms with Gasteiger partial charge in [0.1, 0.15) is 0 Å². The van der Waals surface area contributed by atoms with Gasteiger partial charge in [0.25, 0.3) is 0 Å². The Morgan fingerprint density at radius 1 is 0.714 bits per heavy atom. The van der Waals surface area contributed by atoms with Crippen molar-refractivity contribution in [3.8, 4) is 0 Å². The SMILES string of the molecule is CCCCCCCCC(CCCCCCC)P(=O)([O-])[O-].[Fe+2]. The molecule has 0 aliphatic rings. The van der Waals surface area contributed by atoms with Crippen molar-refractivity contribution < 1.29 is 31.4 Å². The van der Waals surface area contributed by atoms with Gasteiger partial charge in [-0.05, 0) is 18.5 Å². The van der Waals surface area contributed by atoms with E-state index >= 15 is 0 Å². The molecule has 0 rings (SSSR count). The minimum Gasteiger partial charge on any atom is -0.811 e. The van der Waals surface area contributed by atoms with Crippen LogP contribution in [-0.2, 0) is 21.6 Å². The van der Waals surface area contributed by atoms with Gasteiger partial charge >= 0.3 is 17.1 Å². The molecule has 1 unspecified atom stereocenters. The molecule has 0 fully saturated rings. The maximum Gasteiger partial charge on any atom is 2.00 e. The summed E-state index contributed by atoms with van der Waals surface area (Å²) in [5, 5.41) is 0. The Balaban J connectivity index is 0. The van der Waals surface area contributed by atoms with Gasteiger partial charge in [0, 0.05) is 0 Å². The van der Waals surface area contributed by atoms with Crippen LogP contribution in [0.15, 0.2) is 0 Å². The molecule has 3 nitrogen and oxygen atoms in total. The van der Waals surface area contributed by atoms with Gasteiger partial charge in [-0.2, -0.15) is 0 Å². The van der Waals surface area contributed by atoms with Gasteiger partial charge in [0.15, 0.2) is 0 Å². The number of hydrogen-bond donors (Lipinski definition) is 0. The first-order valence-electron chi connectivity index (χ1n) is 8.54. The minimum absolute atomic E-state index is 0. The molecule has 0 saturated heterocycles. The second-order valence-electron chi connectivity index (χ2n) is 5.95. The summed E-state index contributed by atoms with van der Waals surface area (Å²) in [6, 6.07) is 0. The molecule has 0 aliphatic carbocycles. The fourth-order valence-electron chi connectivity index (χ4n) is 2.60. The van der Waals surface area contributed by atoms with Crippen LogP contribution in [0.5, 0.6) is 0 Å². The molecule has 0 aromatic rings. The van der Waals surface area contributed by atoms with Crippen molar-refractivity contribution in [3.63, 3.8) is 0 Å². The van der Waals surface area contributed by atoms with Gasteiger partial charge in [-0.25, -0.2) is 0 Å². The average molecular weight is 360 g/mol. The molecule has 0 radical (unpaired) electrons. The first kappa shape index (κ1) is 23.9. The average Bonchev–Trinajstić information content (AvgIpc) is 2.38. The van der Waals surface area contributed by atoms with Crippen molar-refractivity contribution in [2.24, 2.45) is 0 Å². The standard InChI is InChI=1S/C16H35O3P.Fe/c1-3-5-7-9-11-13-15-16(20(17,18)19)14-12-10-8-6-4-2;/h16H,3-15H2,1-2H3,(H2,17,18,19);/q;+2/p-2. The van der Waals surface area contributed by atoms with Crippen LogP contribution in [-0.4, -0.2) is 5.66 Å². The molecule has 0 saturated carbocycles. The maximum atomic E-state index is 11.3. The van der Waals surface area contributed by atoms with E-state index < -0.39 is 13.3 Å². The first-order valence-corrected chi connectivity index (χ1v) is 10.1.